The van der Waals surface area contributed by atoms with Gasteiger partial charge in [0.1, 0.15) is 27.4 Å². The number of nitrogens with zero attached hydrogens (tertiary/aromatic N) is 6. The highest BCUT2D eigenvalue weighted by Crippen LogP contribution is 2.48. The normalized spacial score (nSPS) is 15.9. The second-order valence-electron chi connectivity index (χ2n) is 17.3. The summed E-state index contributed by atoms with van der Waals surface area (Å²) in [7, 11) is 1.76. The van der Waals surface area contributed by atoms with E-state index in [4.69, 9.17) is 19.5 Å². The zero-order valence-electron chi connectivity index (χ0n) is 39.4. The van der Waals surface area contributed by atoms with Gasteiger partial charge < -0.3 is 19.6 Å². The molecule has 0 bridgehead atoms. The Morgan fingerprint density at radius 3 is 1.88 bits per heavy atom. The Bertz CT molecular complexity index is 2960. The molecule has 9 rings (SSSR count). The Balaban J connectivity index is 1.14. The van der Waals surface area contributed by atoms with Crippen molar-refractivity contribution in [3.8, 4) is 0 Å². The molecule has 2 aromatic heterocycles. The van der Waals surface area contributed by atoms with Gasteiger partial charge in [-0.3, -0.25) is 24.5 Å². The number of thioether (sulfide) groups is 3. The largest absolute Gasteiger partial charge is 0.448 e. The molecule has 1 fully saturated rings. The summed E-state index contributed by atoms with van der Waals surface area (Å²) < 4.78 is 13.5. The minimum atomic E-state index is -1.39. The average molecular weight is 1040 g/mol. The Labute approximate surface area is 432 Å². The van der Waals surface area contributed by atoms with Crippen LogP contribution in [-0.2, 0) is 41.3 Å². The average Bonchev–Trinajstić information content (AvgIpc) is 4.03. The zero-order valence-corrected chi connectivity index (χ0v) is 42.7. The Hall–Kier alpha value is -7.19. The predicted octanol–water partition coefficient (Wildman–Crippen LogP) is 10.1. The maximum atomic E-state index is 15.4. The van der Waals surface area contributed by atoms with E-state index in [2.05, 4.69) is 25.9 Å². The lowest BCUT2D eigenvalue weighted by Gasteiger charge is -2.47. The molecule has 7 aromatic rings. The lowest BCUT2D eigenvalue weighted by Crippen LogP contribution is -2.57. The number of fused-ring (bicyclic) bond motifs is 1. The Morgan fingerprint density at radius 2 is 1.36 bits per heavy atom. The molecule has 15 nitrogen and oxygen atoms in total. The molecular weight excluding hydrogens is 989 g/mol. The molecule has 5 aromatic carbocycles. The number of rotatable bonds is 17. The van der Waals surface area contributed by atoms with Gasteiger partial charge >= 0.3 is 12.1 Å². The summed E-state index contributed by atoms with van der Waals surface area (Å²) in [4.78, 5) is 70.3. The van der Waals surface area contributed by atoms with E-state index in [9.17, 15) is 14.4 Å². The lowest BCUT2D eigenvalue weighted by atomic mass is 9.80. The molecule has 4 heterocycles. The quantitative estimate of drug-likeness (QED) is 0.0168. The van der Waals surface area contributed by atoms with Crippen LogP contribution >= 0.6 is 46.6 Å². The first-order valence-corrected chi connectivity index (χ1v) is 26.5. The SMILES string of the molecule is Cn1cc(SCSC2=C(C(=O)OC(c3ccccc3)c3ccccc3)N3C(=O)C[C@@H]3SC2NC(=O)C(=NOC(c2ccccc2)(c2ccccc2)c2ccccc2)c2csc(NC(=O)OC(C)(C)C)n2)nn1. The molecule has 366 valence electrons. The van der Waals surface area contributed by atoms with Crippen LogP contribution in [0.2, 0.25) is 0 Å². The van der Waals surface area contributed by atoms with Gasteiger partial charge in [-0.2, -0.15) is 0 Å². The Kier molecular flexibility index (Phi) is 15.3. The minimum Gasteiger partial charge on any atom is -0.448 e. The van der Waals surface area contributed by atoms with E-state index in [1.54, 1.807) is 44.1 Å². The highest BCUT2D eigenvalue weighted by Gasteiger charge is 2.50. The van der Waals surface area contributed by atoms with E-state index in [0.29, 0.717) is 15.0 Å². The predicted molar refractivity (Wildman–Crippen MR) is 281 cm³/mol. The molecule has 3 amide bonds. The number of amides is 3. The number of benzene rings is 5. The summed E-state index contributed by atoms with van der Waals surface area (Å²) in [5, 5.41) is 20.1. The molecular formula is C53H48N8O7S4. The number of anilines is 1. The van der Waals surface area contributed by atoms with Crippen molar-refractivity contribution in [2.45, 2.75) is 60.3 Å². The van der Waals surface area contributed by atoms with Crippen molar-refractivity contribution >= 4 is 81.3 Å². The van der Waals surface area contributed by atoms with Crippen molar-refractivity contribution in [3.63, 3.8) is 0 Å². The number of carbonyl (C=O) groups is 4. The molecule has 72 heavy (non-hydrogen) atoms. The molecule has 0 saturated carbocycles. The maximum Gasteiger partial charge on any atom is 0.413 e. The van der Waals surface area contributed by atoms with Crippen LogP contribution in [0.25, 0.3) is 0 Å². The number of aryl methyl sites for hydroxylation is 1. The number of nitrogens with one attached hydrogen (secondary N) is 2. The van der Waals surface area contributed by atoms with Crippen LogP contribution in [0, 0.1) is 0 Å². The third-order valence-electron chi connectivity index (χ3n) is 11.2. The number of aromatic nitrogens is 4. The zero-order chi connectivity index (χ0) is 50.2. The topological polar surface area (TPSA) is 179 Å². The molecule has 2 aliphatic heterocycles. The monoisotopic (exact) mass is 1040 g/mol. The van der Waals surface area contributed by atoms with Gasteiger partial charge in [-0.15, -0.1) is 40.0 Å². The summed E-state index contributed by atoms with van der Waals surface area (Å²) in [6.07, 6.45) is 0.328. The van der Waals surface area contributed by atoms with Gasteiger partial charge in [0.05, 0.1) is 23.1 Å². The van der Waals surface area contributed by atoms with Crippen LogP contribution in [0.15, 0.2) is 184 Å². The van der Waals surface area contributed by atoms with Crippen LogP contribution in [-0.4, -0.2) is 75.9 Å². The summed E-state index contributed by atoms with van der Waals surface area (Å²) in [5.41, 5.74) is 1.32. The number of β-lactam (4-membered cyclic amide) rings is 1. The Morgan fingerprint density at radius 1 is 0.806 bits per heavy atom. The summed E-state index contributed by atoms with van der Waals surface area (Å²) in [5.74, 6) is -1.73. The molecule has 0 spiro atoms. The van der Waals surface area contributed by atoms with Crippen molar-refractivity contribution < 1.29 is 33.5 Å². The number of hydrogen-bond acceptors (Lipinski definition) is 15. The second kappa shape index (κ2) is 22.1. The van der Waals surface area contributed by atoms with E-state index in [1.807, 2.05) is 152 Å². The molecule has 0 aliphatic carbocycles. The van der Waals surface area contributed by atoms with Crippen molar-refractivity contribution in [2.75, 3.05) is 10.4 Å². The van der Waals surface area contributed by atoms with E-state index >= 15 is 4.79 Å². The van der Waals surface area contributed by atoms with Crippen molar-refractivity contribution in [2.24, 2.45) is 12.2 Å². The minimum absolute atomic E-state index is 0.0189. The number of hydrogen-bond donors (Lipinski definition) is 2. The van der Waals surface area contributed by atoms with E-state index in [0.717, 1.165) is 39.2 Å². The van der Waals surface area contributed by atoms with Gasteiger partial charge in [0, 0.05) is 34.0 Å². The maximum absolute atomic E-state index is 15.4. The number of carbonyl (C=O) groups excluding carboxylic acids is 4. The highest BCUT2D eigenvalue weighted by molar-refractivity contribution is 8.18. The fraction of sp³-hybridized carbons (Fsp3) is 0.208. The first kappa shape index (κ1) is 49.8. The van der Waals surface area contributed by atoms with Crippen molar-refractivity contribution in [1.82, 2.24) is 30.2 Å². The lowest BCUT2D eigenvalue weighted by molar-refractivity contribution is -0.151. The number of oxime groups is 1. The smallest absolute Gasteiger partial charge is 0.413 e. The molecule has 2 atom stereocenters. The summed E-state index contributed by atoms with van der Waals surface area (Å²) in [6.45, 7) is 5.24. The first-order valence-electron chi connectivity index (χ1n) is 22.7. The third-order valence-corrected chi connectivity index (χ3v) is 15.6. The van der Waals surface area contributed by atoms with Gasteiger partial charge in [-0.1, -0.05) is 174 Å². The number of thiazole rings is 1. The van der Waals surface area contributed by atoms with Gasteiger partial charge in [0.25, 0.3) is 5.91 Å². The molecule has 0 radical (unpaired) electrons. The highest BCUT2D eigenvalue weighted by atomic mass is 32.2. The van der Waals surface area contributed by atoms with Crippen LogP contribution < -0.4 is 10.6 Å². The van der Waals surface area contributed by atoms with Crippen LogP contribution in [0.4, 0.5) is 9.93 Å². The van der Waals surface area contributed by atoms with E-state index < -0.39 is 46.0 Å². The molecule has 2 aliphatic rings. The van der Waals surface area contributed by atoms with Gasteiger partial charge in [0.2, 0.25) is 11.5 Å². The van der Waals surface area contributed by atoms with Gasteiger partial charge in [0.15, 0.2) is 16.9 Å². The van der Waals surface area contributed by atoms with Crippen LogP contribution in [0.1, 0.15) is 66.8 Å². The third kappa shape index (κ3) is 11.3. The van der Waals surface area contributed by atoms with Crippen LogP contribution in [0.3, 0.4) is 0 Å². The standard InChI is InChI=1S/C53H48N8O7S4/c1-52(2,3)67-51(65)56-50-54-39(32-69-50)43(58-68-53(36-24-14-7-15-25-36,37-26-16-8-17-27-37)38-28-18-9-19-29-38)47(63)55-48-46(71-33-70-40-31-60(4)59-57-40)44(61-41(62)30-42(61)72-48)49(64)66-45(34-20-10-5-11-21-34)35-22-12-6-13-23-35/h5-29,31-32,42,45,48H,30,33H2,1-4H3,(H,55,63)(H,54,56,65)/t42-,48?/m0/s1. The molecule has 1 unspecified atom stereocenters. The van der Waals surface area contributed by atoms with E-state index in [-0.39, 0.29) is 34.6 Å². The fourth-order valence-corrected chi connectivity index (χ4v) is 12.4. The molecule has 19 heteroatoms. The number of esters is 1. The van der Waals surface area contributed by atoms with Crippen LogP contribution in [0.5, 0.6) is 0 Å². The number of ether oxygens (including phenoxy) is 2. The summed E-state index contributed by atoms with van der Waals surface area (Å²) in [6, 6.07) is 47.4. The second-order valence-corrected chi connectivity index (χ2v) is 21.9. The van der Waals surface area contributed by atoms with Crippen molar-refractivity contribution in [3.05, 3.63) is 207 Å². The van der Waals surface area contributed by atoms with E-state index in [1.165, 1.54) is 40.2 Å². The first-order chi connectivity index (χ1) is 34.9. The van der Waals surface area contributed by atoms with Gasteiger partial charge in [-0.25, -0.2) is 14.6 Å². The molecule has 2 N–H and O–H groups in total. The fourth-order valence-electron chi connectivity index (χ4n) is 7.98. The molecule has 1 saturated heterocycles. The van der Waals surface area contributed by atoms with Crippen molar-refractivity contribution in [1.29, 1.82) is 0 Å². The van der Waals surface area contributed by atoms with Gasteiger partial charge in [-0.05, 0) is 31.9 Å². The summed E-state index contributed by atoms with van der Waals surface area (Å²) >= 11 is 5.02.